The summed E-state index contributed by atoms with van der Waals surface area (Å²) in [5.74, 6) is 0. The van der Waals surface area contributed by atoms with Crippen LogP contribution in [0.5, 0.6) is 0 Å². The van der Waals surface area contributed by atoms with Crippen LogP contribution in [0.25, 0.3) is 0 Å². The zero-order valence-corrected chi connectivity index (χ0v) is 10.2. The average Bonchev–Trinajstić information content (AvgIpc) is 2.31. The van der Waals surface area contributed by atoms with E-state index >= 15 is 0 Å². The lowest BCUT2D eigenvalue weighted by molar-refractivity contribution is 0.220. The average molecular weight is 237 g/mol. The van der Waals surface area contributed by atoms with Crippen molar-refractivity contribution in [2.24, 2.45) is 0 Å². The molecule has 0 aliphatic carbocycles. The summed E-state index contributed by atoms with van der Waals surface area (Å²) < 4.78 is 0. The highest BCUT2D eigenvalue weighted by Crippen LogP contribution is 2.04. The number of hydrogen-bond acceptors (Lipinski definition) is 3. The predicted molar refractivity (Wildman–Crippen MR) is 65.8 cm³/mol. The molecule has 0 aliphatic rings. The lowest BCUT2D eigenvalue weighted by Gasteiger charge is -2.12. The van der Waals surface area contributed by atoms with Gasteiger partial charge in [-0.2, -0.15) is 0 Å². The lowest BCUT2D eigenvalue weighted by atomic mass is 10.1. The first-order valence-corrected chi connectivity index (χ1v) is 5.68. The molecule has 2 amide bonds. The molecule has 94 valence electrons. The van der Waals surface area contributed by atoms with Gasteiger partial charge in [-0.25, -0.2) is 4.79 Å². The van der Waals surface area contributed by atoms with Crippen molar-refractivity contribution in [2.45, 2.75) is 26.3 Å². The number of carbonyl (C=O) groups excluding carboxylic acids is 1. The summed E-state index contributed by atoms with van der Waals surface area (Å²) in [4.78, 5) is 15.4. The van der Waals surface area contributed by atoms with Crippen LogP contribution >= 0.6 is 0 Å². The Bertz CT molecular complexity index is 369. The molecule has 5 heteroatoms. The predicted octanol–water partition coefficient (Wildman–Crippen LogP) is 0.613. The quantitative estimate of drug-likeness (QED) is 0.702. The Kier molecular flexibility index (Phi) is 5.42. The van der Waals surface area contributed by atoms with Crippen molar-refractivity contribution in [3.63, 3.8) is 0 Å². The van der Waals surface area contributed by atoms with Crippen molar-refractivity contribution in [2.75, 3.05) is 13.2 Å². The van der Waals surface area contributed by atoms with Gasteiger partial charge in [-0.1, -0.05) is 0 Å². The minimum Gasteiger partial charge on any atom is -0.394 e. The second-order valence-corrected chi connectivity index (χ2v) is 4.04. The Morgan fingerprint density at radius 1 is 1.59 bits per heavy atom. The Hall–Kier alpha value is -1.62. The zero-order chi connectivity index (χ0) is 12.7. The highest BCUT2D eigenvalue weighted by atomic mass is 16.3. The van der Waals surface area contributed by atoms with Crippen molar-refractivity contribution < 1.29 is 9.90 Å². The molecule has 1 heterocycles. The number of rotatable bonds is 5. The maximum atomic E-state index is 11.3. The topological polar surface area (TPSA) is 74.2 Å². The van der Waals surface area contributed by atoms with Crippen LogP contribution in [0.4, 0.5) is 4.79 Å². The summed E-state index contributed by atoms with van der Waals surface area (Å²) in [6.45, 7) is 4.24. The monoisotopic (exact) mass is 237 g/mol. The van der Waals surface area contributed by atoms with E-state index in [1.807, 2.05) is 19.2 Å². The molecule has 0 unspecified atom stereocenters. The fraction of sp³-hybridized carbons (Fsp3) is 0.500. The molecule has 0 saturated heterocycles. The molecule has 1 aromatic heterocycles. The Morgan fingerprint density at radius 3 is 3.00 bits per heavy atom. The molecular formula is C12H19N3O2. The van der Waals surface area contributed by atoms with Gasteiger partial charge in [0.15, 0.2) is 0 Å². The van der Waals surface area contributed by atoms with Crippen molar-refractivity contribution in [1.82, 2.24) is 15.6 Å². The van der Waals surface area contributed by atoms with Crippen LogP contribution in [0.15, 0.2) is 18.5 Å². The van der Waals surface area contributed by atoms with Gasteiger partial charge in [0.1, 0.15) is 0 Å². The summed E-state index contributed by atoms with van der Waals surface area (Å²) in [6.07, 6.45) is 4.33. The molecule has 0 fully saturated rings. The van der Waals surface area contributed by atoms with Gasteiger partial charge in [0.2, 0.25) is 0 Å². The normalized spacial score (nSPS) is 11.9. The largest absolute Gasteiger partial charge is 0.394 e. The van der Waals surface area contributed by atoms with E-state index in [-0.39, 0.29) is 18.7 Å². The molecule has 17 heavy (non-hydrogen) atoms. The molecule has 1 aromatic rings. The molecule has 3 N–H and O–H groups in total. The molecule has 0 aliphatic heterocycles. The molecule has 0 radical (unpaired) electrons. The molecule has 1 rings (SSSR count). The number of nitrogens with zero attached hydrogens (tertiary/aromatic N) is 1. The molecule has 0 saturated carbocycles. The van der Waals surface area contributed by atoms with Crippen LogP contribution in [0.2, 0.25) is 0 Å². The number of aryl methyl sites for hydroxylation is 1. The third-order valence-corrected chi connectivity index (χ3v) is 2.47. The SMILES string of the molecule is Cc1cnccc1CCNC(=O)N[C@@H](C)CO. The van der Waals surface area contributed by atoms with Crippen molar-refractivity contribution in [3.8, 4) is 0 Å². The van der Waals surface area contributed by atoms with Crippen LogP contribution in [-0.2, 0) is 6.42 Å². The highest BCUT2D eigenvalue weighted by molar-refractivity contribution is 5.74. The number of nitrogens with one attached hydrogen (secondary N) is 2. The third kappa shape index (κ3) is 4.82. The van der Waals surface area contributed by atoms with Gasteiger partial charge < -0.3 is 15.7 Å². The van der Waals surface area contributed by atoms with E-state index in [1.54, 1.807) is 13.1 Å². The zero-order valence-electron chi connectivity index (χ0n) is 10.2. The first kappa shape index (κ1) is 13.4. The van der Waals surface area contributed by atoms with Gasteiger partial charge in [-0.05, 0) is 37.5 Å². The van der Waals surface area contributed by atoms with Crippen molar-refractivity contribution in [3.05, 3.63) is 29.6 Å². The maximum Gasteiger partial charge on any atom is 0.315 e. The number of carbonyl (C=O) groups is 1. The van der Waals surface area contributed by atoms with E-state index in [0.29, 0.717) is 6.54 Å². The second kappa shape index (κ2) is 6.85. The number of hydrogen-bond donors (Lipinski definition) is 3. The van der Waals surface area contributed by atoms with Gasteiger partial charge >= 0.3 is 6.03 Å². The fourth-order valence-electron chi connectivity index (χ4n) is 1.41. The first-order valence-electron chi connectivity index (χ1n) is 5.68. The number of aliphatic hydroxyl groups is 1. The number of aromatic nitrogens is 1. The molecule has 0 bridgehead atoms. The number of aliphatic hydroxyl groups excluding tert-OH is 1. The van der Waals surface area contributed by atoms with Crippen LogP contribution in [0.3, 0.4) is 0 Å². The Balaban J connectivity index is 2.29. The van der Waals surface area contributed by atoms with Gasteiger partial charge in [-0.15, -0.1) is 0 Å². The van der Waals surface area contributed by atoms with E-state index in [1.165, 1.54) is 5.56 Å². The standard InChI is InChI=1S/C12H19N3O2/c1-9-7-13-5-3-11(9)4-6-14-12(17)15-10(2)8-16/h3,5,7,10,16H,4,6,8H2,1-2H3,(H2,14,15,17)/t10-/m0/s1. The number of amides is 2. The van der Waals surface area contributed by atoms with E-state index in [4.69, 9.17) is 5.11 Å². The lowest BCUT2D eigenvalue weighted by Crippen LogP contribution is -2.42. The molecule has 0 spiro atoms. The first-order chi connectivity index (χ1) is 8.13. The van der Waals surface area contributed by atoms with Crippen molar-refractivity contribution in [1.29, 1.82) is 0 Å². The van der Waals surface area contributed by atoms with Crippen LogP contribution in [0, 0.1) is 6.92 Å². The highest BCUT2D eigenvalue weighted by Gasteiger charge is 2.05. The fourth-order valence-corrected chi connectivity index (χ4v) is 1.41. The minimum atomic E-state index is -0.252. The summed E-state index contributed by atoms with van der Waals surface area (Å²) >= 11 is 0. The molecular weight excluding hydrogens is 218 g/mol. The van der Waals surface area contributed by atoms with Crippen LogP contribution in [0.1, 0.15) is 18.1 Å². The summed E-state index contributed by atoms with van der Waals surface area (Å²) in [5.41, 5.74) is 2.30. The van der Waals surface area contributed by atoms with Crippen LogP contribution < -0.4 is 10.6 Å². The Labute approximate surface area is 101 Å². The van der Waals surface area contributed by atoms with Gasteiger partial charge in [-0.3, -0.25) is 4.98 Å². The third-order valence-electron chi connectivity index (χ3n) is 2.47. The molecule has 0 aromatic carbocycles. The van der Waals surface area contributed by atoms with Crippen molar-refractivity contribution >= 4 is 6.03 Å². The molecule has 1 atom stereocenters. The van der Waals surface area contributed by atoms with Gasteiger partial charge in [0, 0.05) is 18.9 Å². The van der Waals surface area contributed by atoms with E-state index in [0.717, 1.165) is 12.0 Å². The summed E-state index contributed by atoms with van der Waals surface area (Å²) in [6, 6.07) is 1.47. The minimum absolute atomic E-state index is 0.0586. The van der Waals surface area contributed by atoms with E-state index in [2.05, 4.69) is 15.6 Å². The van der Waals surface area contributed by atoms with Crippen LogP contribution in [-0.4, -0.2) is 35.3 Å². The van der Waals surface area contributed by atoms with Gasteiger partial charge in [0.05, 0.1) is 12.6 Å². The number of pyridine rings is 1. The number of urea groups is 1. The van der Waals surface area contributed by atoms with E-state index in [9.17, 15) is 4.79 Å². The Morgan fingerprint density at radius 2 is 2.35 bits per heavy atom. The summed E-state index contributed by atoms with van der Waals surface area (Å²) in [5, 5.41) is 14.1. The summed E-state index contributed by atoms with van der Waals surface area (Å²) in [7, 11) is 0. The van der Waals surface area contributed by atoms with Gasteiger partial charge in [0.25, 0.3) is 0 Å². The maximum absolute atomic E-state index is 11.3. The molecule has 5 nitrogen and oxygen atoms in total. The van der Waals surface area contributed by atoms with E-state index < -0.39 is 0 Å². The smallest absolute Gasteiger partial charge is 0.315 e. The second-order valence-electron chi connectivity index (χ2n) is 4.04.